The van der Waals surface area contributed by atoms with Gasteiger partial charge in [0.15, 0.2) is 0 Å². The van der Waals surface area contributed by atoms with Gasteiger partial charge in [0.25, 0.3) is 0 Å². The Bertz CT molecular complexity index is 65.0. The molecule has 0 aromatic rings. The summed E-state index contributed by atoms with van der Waals surface area (Å²) in [4.78, 5) is 0. The summed E-state index contributed by atoms with van der Waals surface area (Å²) in [5.74, 6) is 0. The van der Waals surface area contributed by atoms with Gasteiger partial charge in [0, 0.05) is 0 Å². The predicted octanol–water partition coefficient (Wildman–Crippen LogP) is 0.721. The smallest absolute Gasteiger partial charge is 0.275 e. The van der Waals surface area contributed by atoms with Gasteiger partial charge in [-0.2, -0.15) is 0 Å². The van der Waals surface area contributed by atoms with E-state index in [1.165, 1.54) is 0 Å². The molecule has 5 heavy (non-hydrogen) atoms. The van der Waals surface area contributed by atoms with E-state index in [-0.39, 0.29) is 0 Å². The van der Waals surface area contributed by atoms with Crippen LogP contribution in [0.4, 0.5) is 0 Å². The van der Waals surface area contributed by atoms with Gasteiger partial charge < -0.3 is 0 Å². The highest BCUT2D eigenvalue weighted by atomic mass is 31.1. The predicted molar refractivity (Wildman–Crippen MR) is 15.3 cm³/mol. The van der Waals surface area contributed by atoms with Gasteiger partial charge in [-0.1, -0.05) is 0 Å². The van der Waals surface area contributed by atoms with Crippen LogP contribution in [0.3, 0.4) is 0 Å². The van der Waals surface area contributed by atoms with Crippen molar-refractivity contribution in [2.75, 3.05) is 7.11 Å². The summed E-state index contributed by atoms with van der Waals surface area (Å²) < 4.78 is 22.1. The van der Waals surface area contributed by atoms with Gasteiger partial charge in [0.2, 0.25) is 0 Å². The molecule has 0 aromatic carbocycles. The molecular weight excluding hydrogens is 91.0 g/mol. The molecule has 0 aliphatic carbocycles. The van der Waals surface area contributed by atoms with E-state index >= 15 is 0 Å². The monoisotopic (exact) mass is 94.0 g/mol. The Hall–Kier alpha value is -0.140. The normalized spacial score (nSPS) is 7.40. The summed E-state index contributed by atoms with van der Waals surface area (Å²) in [6, 6.07) is 0. The van der Waals surface area contributed by atoms with Crippen LogP contribution in [0.1, 0.15) is 0 Å². The Morgan fingerprint density at radius 3 is 1.80 bits per heavy atom. The molecule has 0 N–H and O–H groups in total. The van der Waals surface area contributed by atoms with Gasteiger partial charge in [0.05, 0.1) is 7.11 Å². The topological polar surface area (TPSA) is 43.4 Å². The molecular formula is CH3O3P. The number of rotatable bonds is 1. The summed E-state index contributed by atoms with van der Waals surface area (Å²) in [7, 11) is -1.50. The van der Waals surface area contributed by atoms with Crippen LogP contribution in [0, 0.1) is 0 Å². The molecule has 0 saturated carbocycles. The molecule has 4 heteroatoms. The van der Waals surface area contributed by atoms with Crippen molar-refractivity contribution >= 4 is 7.91 Å². The van der Waals surface area contributed by atoms with E-state index in [9.17, 15) is 9.13 Å². The maximum Gasteiger partial charge on any atom is 0.467 e. The highest BCUT2D eigenvalue weighted by molar-refractivity contribution is 7.24. The minimum atomic E-state index is -2.60. The first-order valence-electron chi connectivity index (χ1n) is 0.956. The van der Waals surface area contributed by atoms with Crippen molar-refractivity contribution in [2.45, 2.75) is 0 Å². The fourth-order valence-corrected chi connectivity index (χ4v) is 0. The van der Waals surface area contributed by atoms with Crippen LogP contribution in [0.15, 0.2) is 0 Å². The molecule has 0 radical (unpaired) electrons. The van der Waals surface area contributed by atoms with Gasteiger partial charge >= 0.3 is 7.91 Å². The molecule has 0 saturated heterocycles. The molecule has 0 fully saturated rings. The van der Waals surface area contributed by atoms with Gasteiger partial charge in [-0.3, -0.25) is 4.52 Å². The second kappa shape index (κ2) is 2.12. The first-order valence-corrected chi connectivity index (χ1v) is 2.05. The summed E-state index contributed by atoms with van der Waals surface area (Å²) in [5.41, 5.74) is 0. The molecule has 30 valence electrons. The lowest BCUT2D eigenvalue weighted by molar-refractivity contribution is 0.371. The minimum absolute atomic E-state index is 1.10. The Balaban J connectivity index is 3.23. The first kappa shape index (κ1) is 4.86. The van der Waals surface area contributed by atoms with Crippen LogP contribution in [0.25, 0.3) is 0 Å². The molecule has 0 amide bonds. The van der Waals surface area contributed by atoms with Crippen molar-refractivity contribution in [3.63, 3.8) is 0 Å². The quantitative estimate of drug-likeness (QED) is 0.449. The first-order chi connectivity index (χ1) is 2.27. The van der Waals surface area contributed by atoms with Gasteiger partial charge in [-0.15, -0.1) is 0 Å². The van der Waals surface area contributed by atoms with Crippen LogP contribution in [-0.4, -0.2) is 7.11 Å². The molecule has 0 aromatic heterocycles. The van der Waals surface area contributed by atoms with E-state index in [0.29, 0.717) is 0 Å². The van der Waals surface area contributed by atoms with Crippen LogP contribution in [0.2, 0.25) is 0 Å². The zero-order chi connectivity index (χ0) is 4.28. The van der Waals surface area contributed by atoms with Crippen molar-refractivity contribution in [3.8, 4) is 0 Å². The maximum absolute atomic E-state index is 9.18. The van der Waals surface area contributed by atoms with E-state index < -0.39 is 7.91 Å². The van der Waals surface area contributed by atoms with Crippen molar-refractivity contribution in [1.29, 1.82) is 0 Å². The molecule has 0 unspecified atom stereocenters. The summed E-state index contributed by atoms with van der Waals surface area (Å²) in [6.07, 6.45) is 0. The van der Waals surface area contributed by atoms with Crippen LogP contribution in [-0.2, 0) is 13.7 Å². The van der Waals surface area contributed by atoms with E-state index in [0.717, 1.165) is 7.11 Å². The van der Waals surface area contributed by atoms with Crippen LogP contribution in [0.5, 0.6) is 0 Å². The van der Waals surface area contributed by atoms with Crippen LogP contribution >= 0.6 is 7.91 Å². The molecule has 0 rings (SSSR count). The molecule has 0 spiro atoms. The third-order valence-corrected chi connectivity index (χ3v) is 0.447. The summed E-state index contributed by atoms with van der Waals surface area (Å²) in [6.45, 7) is 0. The Kier molecular flexibility index (Phi) is 2.06. The Morgan fingerprint density at radius 2 is 1.80 bits per heavy atom. The highest BCUT2D eigenvalue weighted by Crippen LogP contribution is 1.97. The van der Waals surface area contributed by atoms with Crippen molar-refractivity contribution < 1.29 is 13.7 Å². The van der Waals surface area contributed by atoms with E-state index in [4.69, 9.17) is 0 Å². The molecule has 0 heterocycles. The van der Waals surface area contributed by atoms with Crippen molar-refractivity contribution in [3.05, 3.63) is 0 Å². The fraction of sp³-hybridized carbons (Fsp3) is 1.00. The third kappa shape index (κ3) is 3.86. The molecule has 0 aliphatic heterocycles. The second-order valence-electron chi connectivity index (χ2n) is 0.406. The SMILES string of the molecule is COP(=O)=O. The lowest BCUT2D eigenvalue weighted by Gasteiger charge is -1.61. The Morgan fingerprint density at radius 1 is 1.60 bits per heavy atom. The third-order valence-electron chi connectivity index (χ3n) is 0.149. The van der Waals surface area contributed by atoms with E-state index in [1.807, 2.05) is 0 Å². The molecule has 0 atom stereocenters. The average Bonchev–Trinajstić information content (AvgIpc) is 1.38. The second-order valence-corrected chi connectivity index (χ2v) is 1.22. The van der Waals surface area contributed by atoms with Crippen molar-refractivity contribution in [1.82, 2.24) is 0 Å². The average molecular weight is 94.0 g/mol. The lowest BCUT2D eigenvalue weighted by Crippen LogP contribution is -1.48. The van der Waals surface area contributed by atoms with Gasteiger partial charge in [-0.05, 0) is 0 Å². The number of hydrogen-bond donors (Lipinski definition) is 0. The Labute approximate surface area is 29.8 Å². The van der Waals surface area contributed by atoms with Gasteiger partial charge in [-0.25, -0.2) is 9.13 Å². The van der Waals surface area contributed by atoms with Crippen molar-refractivity contribution in [2.24, 2.45) is 0 Å². The lowest BCUT2D eigenvalue weighted by atomic mass is 11.8. The van der Waals surface area contributed by atoms with E-state index in [1.54, 1.807) is 0 Å². The zero-order valence-electron chi connectivity index (χ0n) is 2.67. The highest BCUT2D eigenvalue weighted by Gasteiger charge is 1.71. The standard InChI is InChI=1S/CH3O3P/c1-4-5(2)3/h1H3. The summed E-state index contributed by atoms with van der Waals surface area (Å²) >= 11 is 0. The zero-order valence-corrected chi connectivity index (χ0v) is 3.57. The molecule has 0 aliphatic rings. The largest absolute Gasteiger partial charge is 0.467 e. The van der Waals surface area contributed by atoms with Crippen LogP contribution < -0.4 is 0 Å². The van der Waals surface area contributed by atoms with Gasteiger partial charge in [0.1, 0.15) is 0 Å². The maximum atomic E-state index is 9.18. The minimum Gasteiger partial charge on any atom is -0.275 e. The molecule has 0 bridgehead atoms. The fourth-order valence-electron chi connectivity index (χ4n) is 0. The summed E-state index contributed by atoms with van der Waals surface area (Å²) in [5, 5.41) is 0. The number of hydrogen-bond acceptors (Lipinski definition) is 3. The van der Waals surface area contributed by atoms with E-state index in [2.05, 4.69) is 4.52 Å². The molecule has 3 nitrogen and oxygen atoms in total.